The zero-order valence-electron chi connectivity index (χ0n) is 18.3. The molecule has 0 spiro atoms. The summed E-state index contributed by atoms with van der Waals surface area (Å²) < 4.78 is 10.5. The highest BCUT2D eigenvalue weighted by atomic mass is 16.6. The third-order valence-corrected chi connectivity index (χ3v) is 6.52. The Hall–Kier alpha value is -2.52. The van der Waals surface area contributed by atoms with E-state index < -0.39 is 12.1 Å². The molecule has 0 bridgehead atoms. The van der Waals surface area contributed by atoms with Crippen LogP contribution in [0, 0.1) is 31.1 Å². The SMILES string of the molecule is C#CC1C[C@H]2[C@@H](OC(=O)C(N)C(C)C)CCC[C@H]2N1C(=O)OC.Cc1cc2ccc1-2. The summed E-state index contributed by atoms with van der Waals surface area (Å²) in [5.41, 5.74) is 10.2. The summed E-state index contributed by atoms with van der Waals surface area (Å²) in [4.78, 5) is 25.8. The van der Waals surface area contributed by atoms with E-state index in [-0.39, 0.29) is 36.0 Å². The monoisotopic (exact) mass is 412 g/mol. The number of amides is 1. The van der Waals surface area contributed by atoms with Crippen LogP contribution in [0.25, 0.3) is 11.1 Å². The van der Waals surface area contributed by atoms with Crippen molar-refractivity contribution in [1.82, 2.24) is 4.90 Å². The highest BCUT2D eigenvalue weighted by Gasteiger charge is 2.49. The Morgan fingerprint density at radius 1 is 1.30 bits per heavy atom. The number of nitrogens with zero attached hydrogens (tertiary/aromatic N) is 1. The number of carbonyl (C=O) groups excluding carboxylic acids is 2. The molecule has 0 aromatic carbocycles. The Kier molecular flexibility index (Phi) is 6.72. The third-order valence-electron chi connectivity index (χ3n) is 6.52. The average molecular weight is 413 g/mol. The molecule has 30 heavy (non-hydrogen) atoms. The minimum absolute atomic E-state index is 0.0236. The number of fused-ring (bicyclic) bond motifs is 2. The molecule has 5 atom stereocenters. The molecule has 6 heteroatoms. The molecule has 0 aromatic rings. The maximum atomic E-state index is 12.2. The standard InChI is InChI=1S/C17H26N2O4.C7H6/c1-5-11-9-12-13(19(11)17(21)22-4)7-6-8-14(12)23-16(20)15(18)10(2)3;1-5-4-6-2-3-7(5)6/h1,10-15H,6-9,18H2,2-4H3;2-4H,1H3/t11?,12-,13-,14+,15?;/m1./s1. The van der Waals surface area contributed by atoms with Gasteiger partial charge in [-0.15, -0.1) is 6.42 Å². The summed E-state index contributed by atoms with van der Waals surface area (Å²) in [6.07, 6.45) is 8.07. The highest BCUT2D eigenvalue weighted by Crippen LogP contribution is 2.41. The minimum Gasteiger partial charge on any atom is -0.461 e. The number of ether oxygens (including phenoxy) is 2. The van der Waals surface area contributed by atoms with Crippen molar-refractivity contribution in [1.29, 1.82) is 0 Å². The maximum absolute atomic E-state index is 12.2. The molecule has 2 N–H and O–H groups in total. The van der Waals surface area contributed by atoms with E-state index in [1.807, 2.05) is 13.8 Å². The van der Waals surface area contributed by atoms with Crippen LogP contribution in [0.5, 0.6) is 0 Å². The van der Waals surface area contributed by atoms with E-state index in [0.29, 0.717) is 6.42 Å². The Bertz CT molecular complexity index is 844. The van der Waals surface area contributed by atoms with Crippen molar-refractivity contribution in [3.8, 4) is 23.5 Å². The number of terminal acetylenes is 1. The van der Waals surface area contributed by atoms with Gasteiger partial charge in [0.2, 0.25) is 0 Å². The lowest BCUT2D eigenvalue weighted by Gasteiger charge is -2.36. The van der Waals surface area contributed by atoms with Gasteiger partial charge in [0.1, 0.15) is 12.1 Å². The number of likely N-dealkylation sites (tertiary alicyclic amines) is 1. The summed E-state index contributed by atoms with van der Waals surface area (Å²) in [7, 11) is 1.35. The van der Waals surface area contributed by atoms with Crippen LogP contribution in [0.4, 0.5) is 4.79 Å². The van der Waals surface area contributed by atoms with Crippen molar-refractivity contribution in [2.45, 2.75) is 70.7 Å². The molecule has 2 fully saturated rings. The first kappa shape index (κ1) is 22.2. The van der Waals surface area contributed by atoms with Gasteiger partial charge in [0.15, 0.2) is 0 Å². The second-order valence-electron chi connectivity index (χ2n) is 8.73. The van der Waals surface area contributed by atoms with Crippen molar-refractivity contribution in [3.63, 3.8) is 0 Å². The van der Waals surface area contributed by atoms with Gasteiger partial charge in [-0.05, 0) is 55.2 Å². The summed E-state index contributed by atoms with van der Waals surface area (Å²) in [6.45, 7) is 5.92. The number of nitrogens with two attached hydrogens (primary N) is 1. The van der Waals surface area contributed by atoms with Gasteiger partial charge in [-0.25, -0.2) is 4.79 Å². The van der Waals surface area contributed by atoms with Crippen molar-refractivity contribution in [3.05, 3.63) is 23.8 Å². The zero-order chi connectivity index (χ0) is 22.0. The van der Waals surface area contributed by atoms with Crippen LogP contribution in [0.2, 0.25) is 0 Å². The number of rotatable bonds is 3. The van der Waals surface area contributed by atoms with Crippen LogP contribution in [-0.4, -0.2) is 48.3 Å². The summed E-state index contributed by atoms with van der Waals surface area (Å²) in [5.74, 6) is 2.36. The van der Waals surface area contributed by atoms with Gasteiger partial charge in [-0.3, -0.25) is 9.69 Å². The largest absolute Gasteiger partial charge is 0.461 e. The maximum Gasteiger partial charge on any atom is 0.410 e. The fourth-order valence-electron chi connectivity index (χ4n) is 4.60. The molecule has 6 nitrogen and oxygen atoms in total. The lowest BCUT2D eigenvalue weighted by molar-refractivity contribution is -0.156. The van der Waals surface area contributed by atoms with Crippen LogP contribution in [-0.2, 0) is 14.3 Å². The number of carbonyl (C=O) groups is 2. The number of hydrogen-bond acceptors (Lipinski definition) is 5. The summed E-state index contributed by atoms with van der Waals surface area (Å²) in [5, 5.41) is 0. The minimum atomic E-state index is -0.628. The Morgan fingerprint density at radius 3 is 2.47 bits per heavy atom. The first-order valence-corrected chi connectivity index (χ1v) is 10.7. The van der Waals surface area contributed by atoms with E-state index >= 15 is 0 Å². The van der Waals surface area contributed by atoms with Gasteiger partial charge in [0.05, 0.1) is 13.2 Å². The molecule has 1 amide bonds. The van der Waals surface area contributed by atoms with Crippen molar-refractivity contribution in [2.24, 2.45) is 17.6 Å². The summed E-state index contributed by atoms with van der Waals surface area (Å²) in [6, 6.07) is 5.53. The number of hydrogen-bond donors (Lipinski definition) is 1. The molecule has 162 valence electrons. The lowest BCUT2D eigenvalue weighted by atomic mass is 9.82. The van der Waals surface area contributed by atoms with Gasteiger partial charge in [-0.2, -0.15) is 0 Å². The topological polar surface area (TPSA) is 81.9 Å². The van der Waals surface area contributed by atoms with Crippen molar-refractivity contribution >= 4 is 12.1 Å². The Labute approximate surface area is 179 Å². The molecular formula is C24H32N2O4. The molecule has 1 heterocycles. The Balaban J connectivity index is 0.000000302. The number of benzene rings is 1. The van der Waals surface area contributed by atoms with Crippen LogP contribution in [0.3, 0.4) is 0 Å². The van der Waals surface area contributed by atoms with E-state index in [1.165, 1.54) is 23.8 Å². The second-order valence-corrected chi connectivity index (χ2v) is 8.73. The van der Waals surface area contributed by atoms with Crippen LogP contribution < -0.4 is 5.73 Å². The van der Waals surface area contributed by atoms with Crippen LogP contribution in [0.1, 0.15) is 45.1 Å². The smallest absolute Gasteiger partial charge is 0.410 e. The van der Waals surface area contributed by atoms with E-state index in [0.717, 1.165) is 19.3 Å². The van der Waals surface area contributed by atoms with Crippen LogP contribution in [0.15, 0.2) is 18.2 Å². The van der Waals surface area contributed by atoms with Crippen LogP contribution >= 0.6 is 0 Å². The van der Waals surface area contributed by atoms with Crippen molar-refractivity contribution < 1.29 is 19.1 Å². The van der Waals surface area contributed by atoms with E-state index in [4.69, 9.17) is 21.6 Å². The molecule has 4 aliphatic rings. The lowest BCUT2D eigenvalue weighted by Crippen LogP contribution is -2.47. The van der Waals surface area contributed by atoms with Crippen molar-refractivity contribution in [2.75, 3.05) is 7.11 Å². The second kappa shape index (κ2) is 9.09. The zero-order valence-corrected chi connectivity index (χ0v) is 18.3. The molecular weight excluding hydrogens is 380 g/mol. The Morgan fingerprint density at radius 2 is 2.03 bits per heavy atom. The number of esters is 1. The molecule has 0 aromatic heterocycles. The third kappa shape index (κ3) is 4.17. The molecule has 1 saturated heterocycles. The normalized spacial score (nSPS) is 26.6. The summed E-state index contributed by atoms with van der Waals surface area (Å²) >= 11 is 0. The first-order valence-electron chi connectivity index (χ1n) is 10.7. The quantitative estimate of drug-likeness (QED) is 0.616. The van der Waals surface area contributed by atoms with E-state index in [1.54, 1.807) is 4.90 Å². The first-order chi connectivity index (χ1) is 14.3. The van der Waals surface area contributed by atoms with Gasteiger partial charge in [-0.1, -0.05) is 38.0 Å². The molecule has 0 radical (unpaired) electrons. The molecule has 1 aliphatic heterocycles. The predicted molar refractivity (Wildman–Crippen MR) is 115 cm³/mol. The molecule has 2 unspecified atom stereocenters. The molecule has 4 rings (SSSR count). The van der Waals surface area contributed by atoms with Gasteiger partial charge < -0.3 is 15.2 Å². The van der Waals surface area contributed by atoms with Gasteiger partial charge in [0, 0.05) is 12.0 Å². The number of aryl methyl sites for hydroxylation is 1. The highest BCUT2D eigenvalue weighted by molar-refractivity contribution is 5.80. The van der Waals surface area contributed by atoms with E-state index in [9.17, 15) is 9.59 Å². The predicted octanol–water partition coefficient (Wildman–Crippen LogP) is 3.50. The van der Waals surface area contributed by atoms with Gasteiger partial charge in [0.25, 0.3) is 0 Å². The number of methoxy groups -OCH3 is 1. The molecule has 1 saturated carbocycles. The molecule has 3 aliphatic carbocycles. The van der Waals surface area contributed by atoms with Gasteiger partial charge >= 0.3 is 12.1 Å². The van der Waals surface area contributed by atoms with E-state index in [2.05, 4.69) is 31.0 Å². The fourth-order valence-corrected chi connectivity index (χ4v) is 4.60. The fraction of sp³-hybridized carbons (Fsp3) is 0.583. The average Bonchev–Trinajstić information content (AvgIpc) is 3.10.